The molecular formula is C28H34O8. The van der Waals surface area contributed by atoms with Crippen molar-refractivity contribution in [3.63, 3.8) is 0 Å². The van der Waals surface area contributed by atoms with Gasteiger partial charge in [0.2, 0.25) is 0 Å². The fraction of sp³-hybridized carbons (Fsp3) is 0.464. The number of benzene rings is 2. The van der Waals surface area contributed by atoms with Gasteiger partial charge in [-0.3, -0.25) is 14.4 Å². The van der Waals surface area contributed by atoms with Crippen molar-refractivity contribution in [3.8, 4) is 5.75 Å². The molecule has 36 heavy (non-hydrogen) atoms. The monoisotopic (exact) mass is 498 g/mol. The van der Waals surface area contributed by atoms with Crippen LogP contribution in [0.2, 0.25) is 0 Å². The second kappa shape index (κ2) is 12.0. The molecule has 0 spiro atoms. The standard InChI is InChI=1S/C28H34O8/c1-4-35-21-9-6-18(7-10-21)11-20-12-19(8-5-16(20)2)28-24(15-27(33)34)23(14-26(31)32)22(13-25(29)30)17(3)36-28/h5-10,12,17,22-24,28H,4,11,13-15H2,1-3H3,(H,29,30)(H,31,32)(H,33,34). The summed E-state index contributed by atoms with van der Waals surface area (Å²) in [7, 11) is 0. The van der Waals surface area contributed by atoms with Crippen molar-refractivity contribution in [2.24, 2.45) is 17.8 Å². The molecule has 1 heterocycles. The summed E-state index contributed by atoms with van der Waals surface area (Å²) in [6, 6.07) is 13.7. The fourth-order valence-electron chi connectivity index (χ4n) is 5.28. The molecule has 2 aromatic carbocycles. The number of aliphatic carboxylic acids is 3. The smallest absolute Gasteiger partial charge is 0.303 e. The van der Waals surface area contributed by atoms with E-state index in [4.69, 9.17) is 9.47 Å². The first-order valence-corrected chi connectivity index (χ1v) is 12.2. The minimum absolute atomic E-state index is 0.279. The third-order valence-corrected chi connectivity index (χ3v) is 7.01. The zero-order chi connectivity index (χ0) is 26.4. The maximum atomic E-state index is 11.8. The van der Waals surface area contributed by atoms with Gasteiger partial charge >= 0.3 is 17.9 Å². The average molecular weight is 499 g/mol. The Morgan fingerprint density at radius 1 is 0.861 bits per heavy atom. The largest absolute Gasteiger partial charge is 0.494 e. The highest BCUT2D eigenvalue weighted by atomic mass is 16.5. The SMILES string of the molecule is CCOc1ccc(Cc2cc(C3OC(C)C(CC(=O)O)C(CC(=O)O)C3CC(=O)O)ccc2C)cc1. The van der Waals surface area contributed by atoms with E-state index in [1.54, 1.807) is 6.92 Å². The Bertz CT molecular complexity index is 1080. The first kappa shape index (κ1) is 27.2. The van der Waals surface area contributed by atoms with Gasteiger partial charge in [-0.15, -0.1) is 0 Å². The third-order valence-electron chi connectivity index (χ3n) is 7.01. The summed E-state index contributed by atoms with van der Waals surface area (Å²) in [6.45, 7) is 6.26. The Kier molecular flexibility index (Phi) is 9.09. The number of carboxylic acids is 3. The second-order valence-corrected chi connectivity index (χ2v) is 9.49. The number of aryl methyl sites for hydroxylation is 1. The molecule has 0 radical (unpaired) electrons. The zero-order valence-electron chi connectivity index (χ0n) is 20.8. The molecule has 0 bridgehead atoms. The first-order valence-electron chi connectivity index (χ1n) is 12.2. The van der Waals surface area contributed by atoms with Crippen molar-refractivity contribution >= 4 is 17.9 Å². The van der Waals surface area contributed by atoms with Gasteiger partial charge in [0.25, 0.3) is 0 Å². The molecule has 194 valence electrons. The number of hydrogen-bond donors (Lipinski definition) is 3. The topological polar surface area (TPSA) is 130 Å². The van der Waals surface area contributed by atoms with Crippen molar-refractivity contribution in [1.29, 1.82) is 0 Å². The van der Waals surface area contributed by atoms with E-state index >= 15 is 0 Å². The van der Waals surface area contributed by atoms with Crippen LogP contribution in [0.1, 0.15) is 61.5 Å². The van der Waals surface area contributed by atoms with E-state index in [9.17, 15) is 29.7 Å². The Morgan fingerprint density at radius 3 is 2.03 bits per heavy atom. The van der Waals surface area contributed by atoms with Gasteiger partial charge in [-0.25, -0.2) is 0 Å². The Balaban J connectivity index is 1.96. The van der Waals surface area contributed by atoms with Crippen LogP contribution in [0.25, 0.3) is 0 Å². The Hall–Kier alpha value is -3.39. The van der Waals surface area contributed by atoms with Gasteiger partial charge in [0.15, 0.2) is 0 Å². The van der Waals surface area contributed by atoms with Crippen LogP contribution in [0.15, 0.2) is 42.5 Å². The van der Waals surface area contributed by atoms with Crippen LogP contribution in [-0.2, 0) is 25.5 Å². The molecule has 5 unspecified atom stereocenters. The highest BCUT2D eigenvalue weighted by Gasteiger charge is 2.46. The molecule has 1 aliphatic heterocycles. The number of hydrogen-bond acceptors (Lipinski definition) is 5. The summed E-state index contributed by atoms with van der Waals surface area (Å²) < 4.78 is 11.8. The molecule has 1 saturated heterocycles. The summed E-state index contributed by atoms with van der Waals surface area (Å²) in [5.74, 6) is -4.36. The predicted molar refractivity (Wildman–Crippen MR) is 132 cm³/mol. The molecule has 8 heteroatoms. The van der Waals surface area contributed by atoms with E-state index in [0.717, 1.165) is 28.0 Å². The fourth-order valence-corrected chi connectivity index (χ4v) is 5.28. The Labute approximate surface area is 210 Å². The van der Waals surface area contributed by atoms with Crippen molar-refractivity contribution in [1.82, 2.24) is 0 Å². The van der Waals surface area contributed by atoms with E-state index in [1.807, 2.05) is 56.3 Å². The molecule has 0 aliphatic carbocycles. The second-order valence-electron chi connectivity index (χ2n) is 9.49. The van der Waals surface area contributed by atoms with Gasteiger partial charge in [0.05, 0.1) is 31.7 Å². The Morgan fingerprint density at radius 2 is 1.44 bits per heavy atom. The van der Waals surface area contributed by atoms with Gasteiger partial charge < -0.3 is 24.8 Å². The molecule has 1 aliphatic rings. The van der Waals surface area contributed by atoms with Crippen LogP contribution < -0.4 is 4.74 Å². The minimum atomic E-state index is -1.08. The molecule has 3 N–H and O–H groups in total. The van der Waals surface area contributed by atoms with E-state index in [-0.39, 0.29) is 19.3 Å². The van der Waals surface area contributed by atoms with Crippen LogP contribution in [-0.4, -0.2) is 45.9 Å². The van der Waals surface area contributed by atoms with Crippen LogP contribution >= 0.6 is 0 Å². The van der Waals surface area contributed by atoms with Crippen LogP contribution in [0.5, 0.6) is 5.75 Å². The zero-order valence-corrected chi connectivity index (χ0v) is 20.8. The highest BCUT2D eigenvalue weighted by Crippen LogP contribution is 2.47. The normalized spacial score (nSPS) is 23.7. The molecule has 2 aromatic rings. The van der Waals surface area contributed by atoms with Gasteiger partial charge in [-0.2, -0.15) is 0 Å². The summed E-state index contributed by atoms with van der Waals surface area (Å²) in [6.07, 6.45) is -1.46. The summed E-state index contributed by atoms with van der Waals surface area (Å²) in [4.78, 5) is 35.0. The molecule has 0 amide bonds. The predicted octanol–water partition coefficient (Wildman–Crippen LogP) is 4.72. The van der Waals surface area contributed by atoms with Crippen molar-refractivity contribution in [3.05, 3.63) is 64.7 Å². The van der Waals surface area contributed by atoms with Crippen LogP contribution in [0.3, 0.4) is 0 Å². The highest BCUT2D eigenvalue weighted by molar-refractivity contribution is 5.70. The van der Waals surface area contributed by atoms with Crippen molar-refractivity contribution in [2.45, 2.75) is 58.7 Å². The maximum absolute atomic E-state index is 11.8. The molecule has 8 nitrogen and oxygen atoms in total. The van der Waals surface area contributed by atoms with Gasteiger partial charge in [-0.05, 0) is 73.4 Å². The number of carbonyl (C=O) groups is 3. The summed E-state index contributed by atoms with van der Waals surface area (Å²) in [5, 5.41) is 28.6. The van der Waals surface area contributed by atoms with Gasteiger partial charge in [0, 0.05) is 12.3 Å². The quantitative estimate of drug-likeness (QED) is 0.406. The summed E-state index contributed by atoms with van der Waals surface area (Å²) in [5.41, 5.74) is 3.97. The number of rotatable bonds is 11. The number of ether oxygens (including phenoxy) is 2. The molecule has 1 fully saturated rings. The molecule has 0 saturated carbocycles. The average Bonchev–Trinajstić information content (AvgIpc) is 2.80. The summed E-state index contributed by atoms with van der Waals surface area (Å²) >= 11 is 0. The van der Waals surface area contributed by atoms with Gasteiger partial charge in [0.1, 0.15) is 5.75 Å². The van der Waals surface area contributed by atoms with Crippen molar-refractivity contribution < 1.29 is 39.2 Å². The maximum Gasteiger partial charge on any atom is 0.303 e. The third kappa shape index (κ3) is 6.85. The van der Waals surface area contributed by atoms with E-state index in [1.165, 1.54) is 0 Å². The van der Waals surface area contributed by atoms with Crippen molar-refractivity contribution in [2.75, 3.05) is 6.61 Å². The lowest BCUT2D eigenvalue weighted by atomic mass is 9.68. The lowest BCUT2D eigenvalue weighted by Gasteiger charge is -2.45. The van der Waals surface area contributed by atoms with E-state index < -0.39 is 47.9 Å². The molecule has 3 rings (SSSR count). The van der Waals surface area contributed by atoms with E-state index in [0.29, 0.717) is 13.0 Å². The van der Waals surface area contributed by atoms with E-state index in [2.05, 4.69) is 0 Å². The minimum Gasteiger partial charge on any atom is -0.494 e. The molecular weight excluding hydrogens is 464 g/mol. The first-order chi connectivity index (χ1) is 17.1. The molecule has 0 aromatic heterocycles. The number of carboxylic acid groups (broad SMARTS) is 3. The molecule has 5 atom stereocenters. The lowest BCUT2D eigenvalue weighted by Crippen LogP contribution is -2.45. The van der Waals surface area contributed by atoms with Crippen LogP contribution in [0, 0.1) is 24.7 Å². The lowest BCUT2D eigenvalue weighted by molar-refractivity contribution is -0.172. The van der Waals surface area contributed by atoms with Gasteiger partial charge in [-0.1, -0.05) is 30.3 Å². The van der Waals surface area contributed by atoms with Crippen LogP contribution in [0.4, 0.5) is 0 Å².